The van der Waals surface area contributed by atoms with Crippen LogP contribution in [0, 0.1) is 0 Å². The summed E-state index contributed by atoms with van der Waals surface area (Å²) < 4.78 is 4.99. The zero-order chi connectivity index (χ0) is 20.9. The number of rotatable bonds is 6. The van der Waals surface area contributed by atoms with Gasteiger partial charge in [0.2, 0.25) is 0 Å². The first-order valence-electron chi connectivity index (χ1n) is 9.64. The summed E-state index contributed by atoms with van der Waals surface area (Å²) in [5.41, 5.74) is 1.71. The van der Waals surface area contributed by atoms with Crippen molar-refractivity contribution in [3.8, 4) is 0 Å². The van der Waals surface area contributed by atoms with Crippen LogP contribution in [0.5, 0.6) is 0 Å². The number of nitrogens with one attached hydrogen (secondary N) is 2. The van der Waals surface area contributed by atoms with Gasteiger partial charge in [-0.3, -0.25) is 14.4 Å². The first kappa shape index (κ1) is 20.0. The monoisotopic (exact) mass is 423 g/mol. The smallest absolute Gasteiger partial charge is 0.261 e. The van der Waals surface area contributed by atoms with Gasteiger partial charge in [-0.25, -0.2) is 0 Å². The molecule has 3 heterocycles. The molecule has 2 aromatic heterocycles. The Morgan fingerprint density at radius 3 is 2.80 bits per heavy atom. The molecule has 1 aromatic carbocycles. The quantitative estimate of drug-likeness (QED) is 0.470. The minimum Gasteiger partial charge on any atom is -0.472 e. The molecule has 1 aliphatic heterocycles. The van der Waals surface area contributed by atoms with Crippen LogP contribution in [0.2, 0.25) is 0 Å². The van der Waals surface area contributed by atoms with Crippen molar-refractivity contribution in [1.82, 2.24) is 15.2 Å². The highest BCUT2D eigenvalue weighted by atomic mass is 32.2. The number of thioether (sulfide) groups is 1. The third-order valence-corrected chi connectivity index (χ3v) is 5.98. The van der Waals surface area contributed by atoms with Gasteiger partial charge in [-0.2, -0.15) is 0 Å². The first-order valence-corrected chi connectivity index (χ1v) is 10.6. The topological polar surface area (TPSA) is 95.4 Å². The second kappa shape index (κ2) is 9.04. The molecule has 3 aromatic rings. The normalized spacial score (nSPS) is 13.0. The summed E-state index contributed by atoms with van der Waals surface area (Å²) in [6.07, 6.45) is 4.91. The summed E-state index contributed by atoms with van der Waals surface area (Å²) in [6, 6.07) is 11.6. The molecular weight excluding hydrogens is 402 g/mol. The second-order valence-electron chi connectivity index (χ2n) is 6.90. The fourth-order valence-electron chi connectivity index (χ4n) is 3.49. The van der Waals surface area contributed by atoms with Crippen LogP contribution in [0.25, 0.3) is 0 Å². The van der Waals surface area contributed by atoms with Crippen LogP contribution in [0.15, 0.2) is 69.2 Å². The number of nitrogens with zero attached hydrogens (tertiary/aromatic N) is 1. The van der Waals surface area contributed by atoms with E-state index in [1.807, 2.05) is 30.3 Å². The Labute approximate surface area is 177 Å². The average molecular weight is 423 g/mol. The number of carbonyl (C=O) groups excluding carboxylic acids is 2. The number of pyridine rings is 1. The summed E-state index contributed by atoms with van der Waals surface area (Å²) in [6.45, 7) is 1.22. The fraction of sp³-hybridized carbons (Fsp3) is 0.227. The summed E-state index contributed by atoms with van der Waals surface area (Å²) in [5, 5.41) is 2.84. The van der Waals surface area contributed by atoms with Crippen LogP contribution in [-0.2, 0) is 13.0 Å². The zero-order valence-electron chi connectivity index (χ0n) is 16.2. The Bertz CT molecular complexity index is 1090. The molecule has 0 saturated heterocycles. The number of furan rings is 1. The van der Waals surface area contributed by atoms with Crippen molar-refractivity contribution in [3.05, 3.63) is 87.7 Å². The molecular formula is C22H21N3O4S. The van der Waals surface area contributed by atoms with E-state index in [9.17, 15) is 14.4 Å². The van der Waals surface area contributed by atoms with Gasteiger partial charge >= 0.3 is 0 Å². The predicted molar refractivity (Wildman–Crippen MR) is 114 cm³/mol. The van der Waals surface area contributed by atoms with Gasteiger partial charge in [-0.05, 0) is 35.7 Å². The van der Waals surface area contributed by atoms with Crippen molar-refractivity contribution in [3.63, 3.8) is 0 Å². The van der Waals surface area contributed by atoms with E-state index in [-0.39, 0.29) is 17.4 Å². The van der Waals surface area contributed by atoms with E-state index in [1.54, 1.807) is 28.9 Å². The number of hydrogen-bond acceptors (Lipinski definition) is 5. The predicted octanol–water partition coefficient (Wildman–Crippen LogP) is 2.69. The standard InChI is InChI=1S/C22H21N3O4S/c26-20(23-8-11-30-17-4-2-1-3-5-17)19-18-6-9-25(13-16(18)12-24-21(19)27)22(28)15-7-10-29-14-15/h1-5,7,10,12,14H,6,8-9,11,13H2,(H,23,26)(H,24,27). The van der Waals surface area contributed by atoms with E-state index in [0.717, 1.165) is 10.5 Å². The van der Waals surface area contributed by atoms with Gasteiger partial charge in [0.05, 0.1) is 11.8 Å². The van der Waals surface area contributed by atoms with Crippen LogP contribution < -0.4 is 10.9 Å². The van der Waals surface area contributed by atoms with Gasteiger partial charge in [0.15, 0.2) is 0 Å². The van der Waals surface area contributed by atoms with E-state index in [0.29, 0.717) is 42.9 Å². The summed E-state index contributed by atoms with van der Waals surface area (Å²) in [4.78, 5) is 43.1. The molecule has 0 unspecified atom stereocenters. The molecule has 0 spiro atoms. The van der Waals surface area contributed by atoms with E-state index in [1.165, 1.54) is 12.5 Å². The molecule has 1 aliphatic rings. The molecule has 0 radical (unpaired) electrons. The Balaban J connectivity index is 1.42. The third kappa shape index (κ3) is 4.33. The lowest BCUT2D eigenvalue weighted by molar-refractivity contribution is 0.0733. The van der Waals surface area contributed by atoms with Crippen molar-refractivity contribution in [2.24, 2.45) is 0 Å². The van der Waals surface area contributed by atoms with Gasteiger partial charge in [0.1, 0.15) is 11.8 Å². The van der Waals surface area contributed by atoms with Crippen molar-refractivity contribution in [1.29, 1.82) is 0 Å². The van der Waals surface area contributed by atoms with Gasteiger partial charge in [-0.15, -0.1) is 11.8 Å². The van der Waals surface area contributed by atoms with Gasteiger partial charge in [0, 0.05) is 36.5 Å². The molecule has 0 atom stereocenters. The number of hydrogen-bond donors (Lipinski definition) is 2. The maximum Gasteiger partial charge on any atom is 0.261 e. The number of carbonyl (C=O) groups is 2. The van der Waals surface area contributed by atoms with Gasteiger partial charge in [-0.1, -0.05) is 18.2 Å². The van der Waals surface area contributed by atoms with Gasteiger partial charge < -0.3 is 19.6 Å². The fourth-order valence-corrected chi connectivity index (χ4v) is 4.28. The Morgan fingerprint density at radius 2 is 2.03 bits per heavy atom. The summed E-state index contributed by atoms with van der Waals surface area (Å²) >= 11 is 1.64. The summed E-state index contributed by atoms with van der Waals surface area (Å²) in [5.74, 6) is 0.191. The van der Waals surface area contributed by atoms with Crippen molar-refractivity contribution >= 4 is 23.6 Å². The maximum atomic E-state index is 12.7. The van der Waals surface area contributed by atoms with E-state index in [2.05, 4.69) is 10.3 Å². The molecule has 0 saturated carbocycles. The molecule has 0 bridgehead atoms. The van der Waals surface area contributed by atoms with Crippen molar-refractivity contribution in [2.75, 3.05) is 18.8 Å². The highest BCUT2D eigenvalue weighted by Crippen LogP contribution is 2.22. The zero-order valence-corrected chi connectivity index (χ0v) is 17.0. The van der Waals surface area contributed by atoms with Crippen LogP contribution in [-0.4, -0.2) is 40.5 Å². The van der Waals surface area contributed by atoms with Crippen LogP contribution in [0.1, 0.15) is 31.8 Å². The second-order valence-corrected chi connectivity index (χ2v) is 8.07. The number of fused-ring (bicyclic) bond motifs is 1. The van der Waals surface area contributed by atoms with Gasteiger partial charge in [0.25, 0.3) is 17.4 Å². The summed E-state index contributed by atoms with van der Waals surface area (Å²) in [7, 11) is 0. The van der Waals surface area contributed by atoms with Crippen molar-refractivity contribution < 1.29 is 14.0 Å². The Hall–Kier alpha value is -3.26. The number of amides is 2. The lowest BCUT2D eigenvalue weighted by atomic mass is 9.96. The number of H-pyrrole nitrogens is 1. The lowest BCUT2D eigenvalue weighted by Gasteiger charge is -2.29. The molecule has 30 heavy (non-hydrogen) atoms. The Kier molecular flexibility index (Phi) is 6.04. The highest BCUT2D eigenvalue weighted by Gasteiger charge is 2.27. The molecule has 0 aliphatic carbocycles. The van der Waals surface area contributed by atoms with Crippen molar-refractivity contribution in [2.45, 2.75) is 17.9 Å². The molecule has 4 rings (SSSR count). The maximum absolute atomic E-state index is 12.7. The molecule has 8 heteroatoms. The van der Waals surface area contributed by atoms with Crippen LogP contribution in [0.3, 0.4) is 0 Å². The number of benzene rings is 1. The van der Waals surface area contributed by atoms with E-state index >= 15 is 0 Å². The van der Waals surface area contributed by atoms with Crippen LogP contribution >= 0.6 is 11.8 Å². The molecule has 2 amide bonds. The SMILES string of the molecule is O=C(NCCSc1ccccc1)c1c2c(c[nH]c1=O)CN(C(=O)c1ccoc1)CC2. The molecule has 7 nitrogen and oxygen atoms in total. The van der Waals surface area contributed by atoms with E-state index in [4.69, 9.17) is 4.42 Å². The largest absolute Gasteiger partial charge is 0.472 e. The van der Waals surface area contributed by atoms with Crippen LogP contribution in [0.4, 0.5) is 0 Å². The molecule has 154 valence electrons. The molecule has 2 N–H and O–H groups in total. The number of aromatic nitrogens is 1. The minimum atomic E-state index is -0.406. The first-order chi connectivity index (χ1) is 14.6. The molecule has 0 fully saturated rings. The highest BCUT2D eigenvalue weighted by molar-refractivity contribution is 7.99. The minimum absolute atomic E-state index is 0.135. The number of aromatic amines is 1. The van der Waals surface area contributed by atoms with E-state index < -0.39 is 5.56 Å². The average Bonchev–Trinajstić information content (AvgIpc) is 3.31. The third-order valence-electron chi connectivity index (χ3n) is 4.97. The lowest BCUT2D eigenvalue weighted by Crippen LogP contribution is -2.39. The Morgan fingerprint density at radius 1 is 1.20 bits per heavy atom.